The van der Waals surface area contributed by atoms with E-state index in [1.54, 1.807) is 12.1 Å². The molecule has 25 heavy (non-hydrogen) atoms. The fourth-order valence-corrected chi connectivity index (χ4v) is 2.68. The van der Waals surface area contributed by atoms with Gasteiger partial charge >= 0.3 is 6.18 Å². The molecule has 0 fully saturated rings. The van der Waals surface area contributed by atoms with Gasteiger partial charge in [-0.3, -0.25) is 9.59 Å². The summed E-state index contributed by atoms with van der Waals surface area (Å²) in [4.78, 5) is 23.4. The molecule has 0 bridgehead atoms. The Morgan fingerprint density at radius 2 is 1.80 bits per heavy atom. The molecule has 130 valence electrons. The predicted molar refractivity (Wildman–Crippen MR) is 87.2 cm³/mol. The van der Waals surface area contributed by atoms with Crippen LogP contribution in [0.1, 0.15) is 23.1 Å². The smallest absolute Gasteiger partial charge is 0.326 e. The maximum absolute atomic E-state index is 12.5. The van der Waals surface area contributed by atoms with Crippen molar-refractivity contribution in [2.75, 3.05) is 10.6 Å². The van der Waals surface area contributed by atoms with E-state index < -0.39 is 11.7 Å². The Balaban J connectivity index is 1.64. The predicted octanol–water partition coefficient (Wildman–Crippen LogP) is 3.77. The average Bonchev–Trinajstić information content (AvgIpc) is 2.54. The van der Waals surface area contributed by atoms with Gasteiger partial charge in [0, 0.05) is 17.8 Å². The molecule has 0 saturated heterocycles. The molecular formula is C18H15F3N2O2. The zero-order valence-electron chi connectivity index (χ0n) is 13.1. The van der Waals surface area contributed by atoms with Gasteiger partial charge in [0.05, 0.1) is 12.0 Å². The number of benzene rings is 2. The van der Waals surface area contributed by atoms with Crippen LogP contribution >= 0.6 is 0 Å². The largest absolute Gasteiger partial charge is 0.416 e. The molecule has 2 aromatic carbocycles. The zero-order valence-corrected chi connectivity index (χ0v) is 13.1. The van der Waals surface area contributed by atoms with E-state index in [4.69, 9.17) is 0 Å². The van der Waals surface area contributed by atoms with Gasteiger partial charge in [0.25, 0.3) is 0 Å². The first-order chi connectivity index (χ1) is 11.8. The number of rotatable bonds is 3. The minimum absolute atomic E-state index is 0.0275. The minimum atomic E-state index is -4.40. The van der Waals surface area contributed by atoms with E-state index in [0.717, 1.165) is 28.9 Å². The maximum atomic E-state index is 12.5. The highest BCUT2D eigenvalue weighted by atomic mass is 19.4. The lowest BCUT2D eigenvalue weighted by Crippen LogP contribution is -2.19. The number of halogens is 3. The topological polar surface area (TPSA) is 58.2 Å². The fraction of sp³-hybridized carbons (Fsp3) is 0.222. The third-order valence-electron chi connectivity index (χ3n) is 3.93. The number of nitrogens with one attached hydrogen (secondary N) is 2. The van der Waals surface area contributed by atoms with Gasteiger partial charge in [-0.15, -0.1) is 0 Å². The molecule has 1 aliphatic heterocycles. The number of fused-ring (bicyclic) bond motifs is 1. The van der Waals surface area contributed by atoms with Gasteiger partial charge < -0.3 is 10.6 Å². The number of carbonyl (C=O) groups is 2. The van der Waals surface area contributed by atoms with Crippen LogP contribution in [0.4, 0.5) is 24.5 Å². The number of amides is 2. The van der Waals surface area contributed by atoms with Crippen molar-refractivity contribution in [3.05, 3.63) is 59.2 Å². The summed E-state index contributed by atoms with van der Waals surface area (Å²) in [5, 5.41) is 5.35. The maximum Gasteiger partial charge on any atom is 0.416 e. The third-order valence-corrected chi connectivity index (χ3v) is 3.93. The first-order valence-electron chi connectivity index (χ1n) is 7.70. The Morgan fingerprint density at radius 3 is 2.48 bits per heavy atom. The van der Waals surface area contributed by atoms with Crippen LogP contribution in [0.5, 0.6) is 0 Å². The van der Waals surface area contributed by atoms with Crippen molar-refractivity contribution in [1.82, 2.24) is 0 Å². The molecule has 0 aromatic heterocycles. The van der Waals surface area contributed by atoms with Crippen LogP contribution < -0.4 is 10.6 Å². The summed E-state index contributed by atoms with van der Waals surface area (Å²) >= 11 is 0. The minimum Gasteiger partial charge on any atom is -0.326 e. The van der Waals surface area contributed by atoms with Gasteiger partial charge in [0.2, 0.25) is 11.8 Å². The van der Waals surface area contributed by atoms with Crippen molar-refractivity contribution in [2.24, 2.45) is 0 Å². The Kier molecular flexibility index (Phi) is 4.48. The second-order valence-corrected chi connectivity index (χ2v) is 5.84. The normalized spacial score (nSPS) is 13.8. The van der Waals surface area contributed by atoms with Gasteiger partial charge in [0.15, 0.2) is 0 Å². The molecule has 0 atom stereocenters. The van der Waals surface area contributed by atoms with E-state index in [1.807, 2.05) is 6.07 Å². The Labute approximate surface area is 142 Å². The molecule has 3 rings (SSSR count). The second-order valence-electron chi connectivity index (χ2n) is 5.84. The van der Waals surface area contributed by atoms with Gasteiger partial charge in [-0.1, -0.05) is 12.1 Å². The zero-order chi connectivity index (χ0) is 18.0. The summed E-state index contributed by atoms with van der Waals surface area (Å²) in [5.74, 6) is -0.347. The molecule has 4 nitrogen and oxygen atoms in total. The highest BCUT2D eigenvalue weighted by molar-refractivity contribution is 5.95. The Hall–Kier alpha value is -2.83. The molecule has 0 spiro atoms. The van der Waals surface area contributed by atoms with E-state index in [9.17, 15) is 22.8 Å². The monoisotopic (exact) mass is 348 g/mol. The third kappa shape index (κ3) is 4.17. The molecule has 1 heterocycles. The molecule has 0 unspecified atom stereocenters. The number of carbonyl (C=O) groups excluding carboxylic acids is 2. The number of hydrogen-bond acceptors (Lipinski definition) is 2. The molecule has 2 aromatic rings. The highest BCUT2D eigenvalue weighted by Gasteiger charge is 2.30. The highest BCUT2D eigenvalue weighted by Crippen LogP contribution is 2.30. The standard InChI is InChI=1S/C18H15F3N2O2/c19-18(20,21)13-3-5-14(6-4-13)22-17(25)10-11-1-7-15-12(9-11)2-8-16(24)23-15/h1,3-7,9H,2,8,10H2,(H,22,25)(H,23,24). The molecule has 2 N–H and O–H groups in total. The van der Waals surface area contributed by atoms with Gasteiger partial charge in [-0.2, -0.15) is 13.2 Å². The second kappa shape index (κ2) is 6.58. The van der Waals surface area contributed by atoms with E-state index in [0.29, 0.717) is 18.5 Å². The van der Waals surface area contributed by atoms with Crippen LogP contribution in [0.15, 0.2) is 42.5 Å². The SMILES string of the molecule is O=C(Cc1ccc2c(c1)CCC(=O)N2)Nc1ccc(C(F)(F)F)cc1. The number of aryl methyl sites for hydroxylation is 1. The van der Waals surface area contributed by atoms with Crippen molar-refractivity contribution in [3.63, 3.8) is 0 Å². The fourth-order valence-electron chi connectivity index (χ4n) is 2.68. The number of hydrogen-bond donors (Lipinski definition) is 2. The van der Waals surface area contributed by atoms with E-state index in [-0.39, 0.29) is 18.2 Å². The summed E-state index contributed by atoms with van der Waals surface area (Å²) < 4.78 is 37.6. The Morgan fingerprint density at radius 1 is 1.08 bits per heavy atom. The average molecular weight is 348 g/mol. The lowest BCUT2D eigenvalue weighted by molar-refractivity contribution is -0.137. The first kappa shape index (κ1) is 17.0. The van der Waals surface area contributed by atoms with E-state index >= 15 is 0 Å². The summed E-state index contributed by atoms with van der Waals surface area (Å²) in [6.45, 7) is 0. The molecule has 7 heteroatoms. The van der Waals surface area contributed by atoms with E-state index in [2.05, 4.69) is 10.6 Å². The lowest BCUT2D eigenvalue weighted by Gasteiger charge is -2.17. The first-order valence-corrected chi connectivity index (χ1v) is 7.70. The van der Waals surface area contributed by atoms with Crippen molar-refractivity contribution in [1.29, 1.82) is 0 Å². The van der Waals surface area contributed by atoms with Crippen molar-refractivity contribution in [2.45, 2.75) is 25.4 Å². The van der Waals surface area contributed by atoms with Gasteiger partial charge in [-0.05, 0) is 47.9 Å². The molecule has 0 radical (unpaired) electrons. The van der Waals surface area contributed by atoms with Crippen LogP contribution in [-0.2, 0) is 28.6 Å². The van der Waals surface area contributed by atoms with Crippen LogP contribution in [0.3, 0.4) is 0 Å². The summed E-state index contributed by atoms with van der Waals surface area (Å²) in [7, 11) is 0. The van der Waals surface area contributed by atoms with Crippen molar-refractivity contribution < 1.29 is 22.8 Å². The molecule has 2 amide bonds. The molecule has 0 aliphatic carbocycles. The van der Waals surface area contributed by atoms with Crippen LogP contribution in [-0.4, -0.2) is 11.8 Å². The van der Waals surface area contributed by atoms with Crippen LogP contribution in [0, 0.1) is 0 Å². The molecular weight excluding hydrogens is 333 g/mol. The summed E-state index contributed by atoms with van der Waals surface area (Å²) in [6, 6.07) is 9.67. The molecule has 0 saturated carbocycles. The number of alkyl halides is 3. The van der Waals surface area contributed by atoms with Crippen molar-refractivity contribution in [3.8, 4) is 0 Å². The molecule has 1 aliphatic rings. The van der Waals surface area contributed by atoms with Crippen LogP contribution in [0.25, 0.3) is 0 Å². The lowest BCUT2D eigenvalue weighted by atomic mass is 9.99. The quantitative estimate of drug-likeness (QED) is 0.887. The van der Waals surface area contributed by atoms with Crippen molar-refractivity contribution >= 4 is 23.2 Å². The summed E-state index contributed by atoms with van der Waals surface area (Å²) in [5.41, 5.74) is 2.05. The van der Waals surface area contributed by atoms with Gasteiger partial charge in [0.1, 0.15) is 0 Å². The Bertz CT molecular complexity index is 814. The van der Waals surface area contributed by atoms with Crippen LogP contribution in [0.2, 0.25) is 0 Å². The summed E-state index contributed by atoms with van der Waals surface area (Å²) in [6.07, 6.45) is -3.27. The van der Waals surface area contributed by atoms with E-state index in [1.165, 1.54) is 12.1 Å². The van der Waals surface area contributed by atoms with Gasteiger partial charge in [-0.25, -0.2) is 0 Å². The number of anilines is 2.